The molecule has 1 aromatic rings. The topological polar surface area (TPSA) is 106 Å². The first kappa shape index (κ1) is 28.1. The molecule has 1 aliphatic rings. The van der Waals surface area contributed by atoms with Gasteiger partial charge in [0, 0.05) is 52.0 Å². The number of carbonyl (C=O) groups excluding carboxylic acids is 3. The fraction of sp³-hybridized carbons (Fsp3) is 0.500. The third-order valence-corrected chi connectivity index (χ3v) is 5.78. The molecule has 0 spiro atoms. The summed E-state index contributed by atoms with van der Waals surface area (Å²) in [7, 11) is 4.47. The molecule has 190 valence electrons. The fourth-order valence-electron chi connectivity index (χ4n) is 3.38. The summed E-state index contributed by atoms with van der Waals surface area (Å²) < 4.78 is 10.4. The van der Waals surface area contributed by atoms with Gasteiger partial charge in [0.25, 0.3) is 17.7 Å². The molecule has 0 bridgehead atoms. The maximum Gasteiger partial charge on any atom is 0.279 e. The second-order valence-electron chi connectivity index (χ2n) is 8.24. The molecule has 0 radical (unpaired) electrons. The molecular weight excluding hydrogens is 450 g/mol. The number of allylic oxidation sites excluding steroid dienone is 2. The van der Waals surface area contributed by atoms with Crippen LogP contribution in [0.25, 0.3) is 0 Å². The van der Waals surface area contributed by atoms with E-state index in [0.29, 0.717) is 25.2 Å². The molecule has 9 heteroatoms. The highest BCUT2D eigenvalue weighted by molar-refractivity contribution is 6.12. The zero-order chi connectivity index (χ0) is 25.7. The second-order valence-corrected chi connectivity index (χ2v) is 8.24. The Hall–Kier alpha value is -3.19. The number of hydroxylamine groups is 1. The molecule has 0 saturated carbocycles. The van der Waals surface area contributed by atoms with E-state index >= 15 is 0 Å². The second kappa shape index (κ2) is 14.3. The van der Waals surface area contributed by atoms with Gasteiger partial charge in [-0.2, -0.15) is 0 Å². The normalized spacial score (nSPS) is 17.1. The number of ether oxygens (including phenoxy) is 2. The van der Waals surface area contributed by atoms with Gasteiger partial charge in [0.05, 0.1) is 0 Å². The van der Waals surface area contributed by atoms with Crippen LogP contribution < -0.4 is 10.8 Å². The fourth-order valence-corrected chi connectivity index (χ4v) is 3.38. The number of likely N-dealkylation sites (N-methyl/N-ethyl adjacent to an activating group) is 2. The van der Waals surface area contributed by atoms with Crippen molar-refractivity contribution in [2.75, 3.05) is 34.4 Å². The summed E-state index contributed by atoms with van der Waals surface area (Å²) in [6.45, 7) is 2.62. The lowest BCUT2D eigenvalue weighted by Gasteiger charge is -2.36. The first-order chi connectivity index (χ1) is 16.8. The molecule has 2 N–H and O–H groups in total. The molecule has 3 amide bonds. The smallest absolute Gasteiger partial charge is 0.279 e. The van der Waals surface area contributed by atoms with Crippen LogP contribution in [0.3, 0.4) is 0 Å². The number of hydrogen-bond acceptors (Lipinski definition) is 6. The average molecular weight is 486 g/mol. The maximum atomic E-state index is 13.2. The zero-order valence-corrected chi connectivity index (χ0v) is 20.9. The zero-order valence-electron chi connectivity index (χ0n) is 20.9. The van der Waals surface area contributed by atoms with E-state index in [1.807, 2.05) is 6.08 Å². The van der Waals surface area contributed by atoms with Gasteiger partial charge in [0.1, 0.15) is 0 Å². The van der Waals surface area contributed by atoms with Gasteiger partial charge in [-0.05, 0) is 62.9 Å². The molecule has 2 rings (SSSR count). The third kappa shape index (κ3) is 7.92. The highest BCUT2D eigenvalue weighted by Crippen LogP contribution is 2.19. The van der Waals surface area contributed by atoms with Crippen molar-refractivity contribution >= 4 is 17.7 Å². The van der Waals surface area contributed by atoms with Crippen LogP contribution in [0.4, 0.5) is 0 Å². The molecular formula is C26H35N3O6. The molecule has 35 heavy (non-hydrogen) atoms. The van der Waals surface area contributed by atoms with Gasteiger partial charge in [0.15, 0.2) is 11.8 Å². The minimum absolute atomic E-state index is 0.313. The van der Waals surface area contributed by atoms with Crippen molar-refractivity contribution in [3.63, 3.8) is 0 Å². The lowest BCUT2D eigenvalue weighted by Crippen LogP contribution is -2.65. The van der Waals surface area contributed by atoms with Crippen LogP contribution in [0.2, 0.25) is 0 Å². The highest BCUT2D eigenvalue weighted by atomic mass is 16.8. The first-order valence-electron chi connectivity index (χ1n) is 11.7. The Morgan fingerprint density at radius 3 is 2.60 bits per heavy atom. The number of carbonyl (C=O) groups is 3. The van der Waals surface area contributed by atoms with E-state index in [1.54, 1.807) is 37.5 Å². The molecule has 0 aromatic heterocycles. The van der Waals surface area contributed by atoms with E-state index in [9.17, 15) is 14.4 Å². The molecule has 1 heterocycles. The lowest BCUT2D eigenvalue weighted by molar-refractivity contribution is -0.204. The van der Waals surface area contributed by atoms with Crippen LogP contribution in [0, 0.1) is 11.8 Å². The molecule has 1 unspecified atom stereocenters. The Morgan fingerprint density at radius 1 is 1.23 bits per heavy atom. The van der Waals surface area contributed by atoms with Crippen LogP contribution in [0.15, 0.2) is 36.4 Å². The molecule has 9 nitrogen and oxygen atoms in total. The Bertz CT molecular complexity index is 944. The first-order valence-corrected chi connectivity index (χ1v) is 11.7. The summed E-state index contributed by atoms with van der Waals surface area (Å²) in [4.78, 5) is 45.3. The summed E-state index contributed by atoms with van der Waals surface area (Å²) in [6.07, 6.45) is 7.48. The molecule has 1 saturated heterocycles. The Kier molecular flexibility index (Phi) is 11.4. The number of hydrogen-bond donors (Lipinski definition) is 2. The predicted octanol–water partition coefficient (Wildman–Crippen LogP) is 2.17. The summed E-state index contributed by atoms with van der Waals surface area (Å²) in [6, 6.07) is 6.65. The minimum Gasteiger partial charge on any atom is -0.385 e. The Balaban J connectivity index is 2.07. The van der Waals surface area contributed by atoms with Crippen LogP contribution >= 0.6 is 0 Å². The van der Waals surface area contributed by atoms with Crippen molar-refractivity contribution in [1.29, 1.82) is 0 Å². The quantitative estimate of drug-likeness (QED) is 0.228. The van der Waals surface area contributed by atoms with Crippen molar-refractivity contribution in [2.24, 2.45) is 0 Å². The summed E-state index contributed by atoms with van der Waals surface area (Å²) in [5.41, 5.74) is 1.49. The van der Waals surface area contributed by atoms with Crippen molar-refractivity contribution in [3.8, 4) is 11.8 Å². The van der Waals surface area contributed by atoms with Gasteiger partial charge in [-0.25, -0.2) is 10.3 Å². The molecule has 0 aliphatic carbocycles. The standard InChI is InChI=1S/C26H35N3O6/c1-26(24(31)27-2,25(32)28-35-22-13-9-11-19-34-22)29(3)23(30)21-16-14-20(15-17-21)12-8-6-5-7-10-18-33-4/h5-6,14-17,22H,7,9-11,13,18-19H2,1-4H3,(H,27,31)(H,28,32)/b6-5+/t22?,26-/m0/s1. The number of unbranched alkanes of at least 4 members (excludes halogenated alkanes) is 1. The molecule has 1 aromatic carbocycles. The van der Waals surface area contributed by atoms with Gasteiger partial charge in [-0.3, -0.25) is 14.4 Å². The van der Waals surface area contributed by atoms with Crippen LogP contribution in [0.5, 0.6) is 0 Å². The van der Waals surface area contributed by atoms with Crippen molar-refractivity contribution in [3.05, 3.63) is 47.5 Å². The van der Waals surface area contributed by atoms with E-state index in [4.69, 9.17) is 14.3 Å². The van der Waals surface area contributed by atoms with Crippen molar-refractivity contribution in [1.82, 2.24) is 15.7 Å². The number of methoxy groups -OCH3 is 1. The molecule has 1 fully saturated rings. The average Bonchev–Trinajstić information content (AvgIpc) is 2.90. The molecule has 2 atom stereocenters. The number of rotatable bonds is 10. The van der Waals surface area contributed by atoms with E-state index in [0.717, 1.165) is 36.1 Å². The summed E-state index contributed by atoms with van der Waals surface area (Å²) in [5, 5.41) is 2.45. The SMILES string of the molecule is CNC(=O)[C@@](C)(C(=O)NOC1CCCCO1)N(C)C(=O)c1ccc(C#C/C=C/CCCOC)cc1. The van der Waals surface area contributed by atoms with E-state index in [-0.39, 0.29) is 0 Å². The van der Waals surface area contributed by atoms with Gasteiger partial charge in [-0.15, -0.1) is 0 Å². The van der Waals surface area contributed by atoms with Gasteiger partial charge in [0.2, 0.25) is 0 Å². The Labute approximate surface area is 207 Å². The van der Waals surface area contributed by atoms with Crippen LogP contribution in [0.1, 0.15) is 54.9 Å². The number of nitrogens with zero attached hydrogens (tertiary/aromatic N) is 1. The van der Waals surface area contributed by atoms with E-state index < -0.39 is 29.6 Å². The molecule has 1 aliphatic heterocycles. The minimum atomic E-state index is -1.85. The summed E-state index contributed by atoms with van der Waals surface area (Å²) in [5.74, 6) is 4.03. The van der Waals surface area contributed by atoms with Gasteiger partial charge >= 0.3 is 0 Å². The maximum absolute atomic E-state index is 13.2. The highest BCUT2D eigenvalue weighted by Gasteiger charge is 2.47. The third-order valence-electron chi connectivity index (χ3n) is 5.78. The van der Waals surface area contributed by atoms with Crippen molar-refractivity contribution < 1.29 is 28.7 Å². The monoisotopic (exact) mass is 485 g/mol. The van der Waals surface area contributed by atoms with Gasteiger partial charge < -0.3 is 19.7 Å². The van der Waals surface area contributed by atoms with Gasteiger partial charge in [-0.1, -0.05) is 17.9 Å². The number of amides is 3. The lowest BCUT2D eigenvalue weighted by atomic mass is 9.96. The van der Waals surface area contributed by atoms with E-state index in [2.05, 4.69) is 22.6 Å². The predicted molar refractivity (Wildman–Crippen MR) is 131 cm³/mol. The number of nitrogens with one attached hydrogen (secondary N) is 2. The van der Waals surface area contributed by atoms with Crippen molar-refractivity contribution in [2.45, 2.75) is 50.9 Å². The summed E-state index contributed by atoms with van der Waals surface area (Å²) >= 11 is 0. The van der Waals surface area contributed by atoms with E-state index in [1.165, 1.54) is 21.0 Å². The van der Waals surface area contributed by atoms with Crippen LogP contribution in [-0.4, -0.2) is 68.9 Å². The Morgan fingerprint density at radius 2 is 1.97 bits per heavy atom. The largest absolute Gasteiger partial charge is 0.385 e. The van der Waals surface area contributed by atoms with Crippen LogP contribution in [-0.2, 0) is 23.9 Å². The number of benzene rings is 1.